The van der Waals surface area contributed by atoms with E-state index in [0.717, 1.165) is 21.5 Å². The summed E-state index contributed by atoms with van der Waals surface area (Å²) in [5.74, 6) is 1.34. The molecule has 1 aromatic carbocycles. The molecule has 0 aliphatic carbocycles. The Morgan fingerprint density at radius 1 is 1.29 bits per heavy atom. The van der Waals surface area contributed by atoms with Gasteiger partial charge in [0, 0.05) is 17.1 Å². The summed E-state index contributed by atoms with van der Waals surface area (Å²) >= 11 is 3.45. The van der Waals surface area contributed by atoms with Gasteiger partial charge in [-0.3, -0.25) is 0 Å². The molecule has 0 radical (unpaired) electrons. The van der Waals surface area contributed by atoms with Crippen LogP contribution in [0.25, 0.3) is 0 Å². The molecule has 0 bridgehead atoms. The Hall–Kier alpha value is -1.39. The normalized spacial score (nSPS) is 10.3. The van der Waals surface area contributed by atoms with Crippen LogP contribution in [-0.4, -0.2) is 4.98 Å². The zero-order chi connectivity index (χ0) is 12.3. The zero-order valence-corrected chi connectivity index (χ0v) is 11.1. The van der Waals surface area contributed by atoms with Gasteiger partial charge >= 0.3 is 0 Å². The third-order valence-electron chi connectivity index (χ3n) is 2.34. The molecule has 2 aromatic rings. The summed E-state index contributed by atoms with van der Waals surface area (Å²) in [6, 6.07) is 11.4. The average Bonchev–Trinajstić information content (AvgIpc) is 2.34. The highest BCUT2D eigenvalue weighted by atomic mass is 79.9. The number of halogens is 1. The highest BCUT2D eigenvalue weighted by Crippen LogP contribution is 2.25. The molecule has 0 unspecified atom stereocenters. The summed E-state index contributed by atoms with van der Waals surface area (Å²) in [6.07, 6.45) is 0. The lowest BCUT2D eigenvalue weighted by molar-refractivity contribution is 0.460. The summed E-state index contributed by atoms with van der Waals surface area (Å²) < 4.78 is 6.73. The maximum atomic E-state index is 5.67. The van der Waals surface area contributed by atoms with Crippen molar-refractivity contribution in [2.24, 2.45) is 5.73 Å². The van der Waals surface area contributed by atoms with Gasteiger partial charge in [-0.25, -0.2) is 4.98 Å². The largest absolute Gasteiger partial charge is 0.439 e. The van der Waals surface area contributed by atoms with Crippen molar-refractivity contribution in [3.8, 4) is 11.6 Å². The summed E-state index contributed by atoms with van der Waals surface area (Å²) in [7, 11) is 0. The first-order valence-electron chi connectivity index (χ1n) is 5.29. The number of nitrogens with two attached hydrogens (primary N) is 1. The predicted octanol–water partition coefficient (Wildman–Crippen LogP) is 3.40. The number of pyridine rings is 1. The van der Waals surface area contributed by atoms with Crippen molar-refractivity contribution in [1.82, 2.24) is 4.98 Å². The fourth-order valence-corrected chi connectivity index (χ4v) is 1.68. The summed E-state index contributed by atoms with van der Waals surface area (Å²) in [6.45, 7) is 2.43. The standard InChI is InChI=1S/C13H13BrN2O/c1-9-7-11(5-6-12(9)14)17-13-4-2-3-10(8-15)16-13/h2-7H,8,15H2,1H3. The van der Waals surface area contributed by atoms with Crippen LogP contribution in [0.15, 0.2) is 40.9 Å². The Kier molecular flexibility index (Phi) is 3.76. The van der Waals surface area contributed by atoms with Gasteiger partial charge in [-0.1, -0.05) is 22.0 Å². The number of ether oxygens (including phenoxy) is 1. The molecule has 1 aromatic heterocycles. The molecule has 0 spiro atoms. The third kappa shape index (κ3) is 3.05. The topological polar surface area (TPSA) is 48.1 Å². The predicted molar refractivity (Wildman–Crippen MR) is 71.1 cm³/mol. The van der Waals surface area contributed by atoms with Crippen molar-refractivity contribution < 1.29 is 4.74 Å². The Balaban J connectivity index is 2.22. The quantitative estimate of drug-likeness (QED) is 0.943. The van der Waals surface area contributed by atoms with Gasteiger partial charge in [0.2, 0.25) is 5.88 Å². The summed E-state index contributed by atoms with van der Waals surface area (Å²) in [5.41, 5.74) is 7.47. The van der Waals surface area contributed by atoms with E-state index in [4.69, 9.17) is 10.5 Å². The van der Waals surface area contributed by atoms with Crippen LogP contribution in [0.4, 0.5) is 0 Å². The van der Waals surface area contributed by atoms with Gasteiger partial charge < -0.3 is 10.5 Å². The fraction of sp³-hybridized carbons (Fsp3) is 0.154. The third-order valence-corrected chi connectivity index (χ3v) is 3.23. The smallest absolute Gasteiger partial charge is 0.219 e. The number of benzene rings is 1. The number of aryl methyl sites for hydroxylation is 1. The van der Waals surface area contributed by atoms with Crippen LogP contribution in [0.5, 0.6) is 11.6 Å². The monoisotopic (exact) mass is 292 g/mol. The van der Waals surface area contributed by atoms with Gasteiger partial charge in [0.05, 0.1) is 5.69 Å². The van der Waals surface area contributed by atoms with E-state index >= 15 is 0 Å². The Morgan fingerprint density at radius 2 is 2.12 bits per heavy atom. The van der Waals surface area contributed by atoms with Crippen LogP contribution < -0.4 is 10.5 Å². The molecule has 88 valence electrons. The van der Waals surface area contributed by atoms with E-state index in [2.05, 4.69) is 20.9 Å². The maximum absolute atomic E-state index is 5.67. The molecule has 0 saturated heterocycles. The van der Waals surface area contributed by atoms with Crippen molar-refractivity contribution in [2.75, 3.05) is 0 Å². The lowest BCUT2D eigenvalue weighted by Crippen LogP contribution is -2.00. The van der Waals surface area contributed by atoms with E-state index in [1.54, 1.807) is 0 Å². The van der Waals surface area contributed by atoms with E-state index in [1.807, 2.05) is 43.3 Å². The van der Waals surface area contributed by atoms with Gasteiger partial charge in [0.1, 0.15) is 5.75 Å². The highest BCUT2D eigenvalue weighted by Gasteiger charge is 2.02. The first-order chi connectivity index (χ1) is 8.19. The lowest BCUT2D eigenvalue weighted by atomic mass is 10.2. The Bertz CT molecular complexity index is 529. The minimum Gasteiger partial charge on any atom is -0.439 e. The molecule has 2 rings (SSSR count). The number of aromatic nitrogens is 1. The second-order valence-electron chi connectivity index (χ2n) is 3.68. The van der Waals surface area contributed by atoms with Crippen molar-refractivity contribution in [3.05, 3.63) is 52.1 Å². The molecule has 0 saturated carbocycles. The average molecular weight is 293 g/mol. The molecule has 0 aliphatic rings. The van der Waals surface area contributed by atoms with Crippen LogP contribution in [0.3, 0.4) is 0 Å². The molecule has 0 atom stereocenters. The van der Waals surface area contributed by atoms with Crippen molar-refractivity contribution >= 4 is 15.9 Å². The Morgan fingerprint density at radius 3 is 2.82 bits per heavy atom. The molecule has 1 heterocycles. The van der Waals surface area contributed by atoms with E-state index in [0.29, 0.717) is 12.4 Å². The molecule has 2 N–H and O–H groups in total. The molecule has 0 fully saturated rings. The van der Waals surface area contributed by atoms with Gasteiger partial charge in [0.25, 0.3) is 0 Å². The van der Waals surface area contributed by atoms with Crippen molar-refractivity contribution in [3.63, 3.8) is 0 Å². The van der Waals surface area contributed by atoms with Gasteiger partial charge in [-0.05, 0) is 36.8 Å². The SMILES string of the molecule is Cc1cc(Oc2cccc(CN)n2)ccc1Br. The molecule has 17 heavy (non-hydrogen) atoms. The van der Waals surface area contributed by atoms with Crippen LogP contribution in [0, 0.1) is 6.92 Å². The summed E-state index contributed by atoms with van der Waals surface area (Å²) in [4.78, 5) is 4.28. The van der Waals surface area contributed by atoms with E-state index in [9.17, 15) is 0 Å². The van der Waals surface area contributed by atoms with Crippen molar-refractivity contribution in [1.29, 1.82) is 0 Å². The lowest BCUT2D eigenvalue weighted by Gasteiger charge is -2.07. The van der Waals surface area contributed by atoms with Gasteiger partial charge in [0.15, 0.2) is 0 Å². The second-order valence-corrected chi connectivity index (χ2v) is 4.54. The zero-order valence-electron chi connectivity index (χ0n) is 9.48. The Labute approximate surface area is 109 Å². The molecular weight excluding hydrogens is 280 g/mol. The molecule has 3 nitrogen and oxygen atoms in total. The second kappa shape index (κ2) is 5.29. The molecule has 0 amide bonds. The molecule has 4 heteroatoms. The van der Waals surface area contributed by atoms with Crippen LogP contribution in [0.2, 0.25) is 0 Å². The molecular formula is C13H13BrN2O. The minimum absolute atomic E-state index is 0.413. The first kappa shape index (κ1) is 12.1. The highest BCUT2D eigenvalue weighted by molar-refractivity contribution is 9.10. The van der Waals surface area contributed by atoms with Gasteiger partial charge in [-0.2, -0.15) is 0 Å². The summed E-state index contributed by atoms with van der Waals surface area (Å²) in [5, 5.41) is 0. The van der Waals surface area contributed by atoms with Crippen LogP contribution >= 0.6 is 15.9 Å². The van der Waals surface area contributed by atoms with E-state index in [-0.39, 0.29) is 0 Å². The van der Waals surface area contributed by atoms with Crippen LogP contribution in [-0.2, 0) is 6.54 Å². The molecule has 0 aliphatic heterocycles. The first-order valence-corrected chi connectivity index (χ1v) is 6.08. The fourth-order valence-electron chi connectivity index (χ4n) is 1.43. The van der Waals surface area contributed by atoms with Gasteiger partial charge in [-0.15, -0.1) is 0 Å². The van der Waals surface area contributed by atoms with E-state index in [1.165, 1.54) is 0 Å². The van der Waals surface area contributed by atoms with E-state index < -0.39 is 0 Å². The number of hydrogen-bond acceptors (Lipinski definition) is 3. The number of rotatable bonds is 3. The number of hydrogen-bond donors (Lipinski definition) is 1. The van der Waals surface area contributed by atoms with Crippen molar-refractivity contribution in [2.45, 2.75) is 13.5 Å². The minimum atomic E-state index is 0.413. The maximum Gasteiger partial charge on any atom is 0.219 e. The number of nitrogens with zero attached hydrogens (tertiary/aromatic N) is 1. The van der Waals surface area contributed by atoms with Crippen LogP contribution in [0.1, 0.15) is 11.3 Å².